The highest BCUT2D eigenvalue weighted by molar-refractivity contribution is 6.08. The Labute approximate surface area is 154 Å². The van der Waals surface area contributed by atoms with E-state index in [-0.39, 0.29) is 5.78 Å². The van der Waals surface area contributed by atoms with E-state index in [1.165, 1.54) is 35.5 Å². The van der Waals surface area contributed by atoms with Crippen LogP contribution < -0.4 is 0 Å². The van der Waals surface area contributed by atoms with E-state index in [1.54, 1.807) is 29.9 Å². The van der Waals surface area contributed by atoms with Gasteiger partial charge in [0.15, 0.2) is 0 Å². The molecule has 1 aliphatic heterocycles. The second-order valence-electron chi connectivity index (χ2n) is 6.08. The maximum Gasteiger partial charge on any atom is 0.268 e. The number of carbonyl (C=O) groups is 1. The second-order valence-corrected chi connectivity index (χ2v) is 6.08. The average molecular weight is 368 g/mol. The molecule has 4 rings (SSSR count). The number of aryl methyl sites for hydroxylation is 2. The van der Waals surface area contributed by atoms with Crippen molar-refractivity contribution in [3.05, 3.63) is 77.5 Å². The van der Waals surface area contributed by atoms with Gasteiger partial charge in [-0.25, -0.2) is 9.07 Å². The Morgan fingerprint density at radius 2 is 2.04 bits per heavy atom. The molecule has 0 fully saturated rings. The summed E-state index contributed by atoms with van der Waals surface area (Å²) >= 11 is 0. The maximum atomic E-state index is 13.8. The number of carbonyl (C=O) groups excluding carboxylic acids is 1. The van der Waals surface area contributed by atoms with Gasteiger partial charge in [-0.1, -0.05) is 0 Å². The Kier molecular flexibility index (Phi) is 4.23. The van der Waals surface area contributed by atoms with E-state index in [0.717, 1.165) is 0 Å². The van der Waals surface area contributed by atoms with Crippen LogP contribution in [0.15, 0.2) is 49.2 Å². The number of halogens is 1. The molecule has 0 bridgehead atoms. The summed E-state index contributed by atoms with van der Waals surface area (Å²) in [6.07, 6.45) is 5.19. The van der Waals surface area contributed by atoms with E-state index in [0.29, 0.717) is 34.7 Å². The molecule has 0 radical (unpaired) electrons. The van der Waals surface area contributed by atoms with Crippen LogP contribution in [0.4, 0.5) is 4.39 Å². The van der Waals surface area contributed by atoms with Crippen LogP contribution in [-0.4, -0.2) is 25.3 Å². The fraction of sp³-hybridized carbons (Fsp3) is 0.211. The Morgan fingerprint density at radius 3 is 2.74 bits per heavy atom. The Balaban J connectivity index is 1.81. The van der Waals surface area contributed by atoms with Gasteiger partial charge in [-0.3, -0.25) is 9.48 Å². The van der Waals surface area contributed by atoms with Crippen LogP contribution in [0.5, 0.6) is 0 Å². The summed E-state index contributed by atoms with van der Waals surface area (Å²) in [4.78, 5) is 13.0. The molecular weight excluding hydrogens is 351 g/mol. The lowest BCUT2D eigenvalue weighted by molar-refractivity contribution is -0.0248. The van der Waals surface area contributed by atoms with Crippen molar-refractivity contribution in [1.82, 2.24) is 19.6 Å². The Morgan fingerprint density at radius 1 is 1.26 bits per heavy atom. The van der Waals surface area contributed by atoms with Gasteiger partial charge in [0.2, 0.25) is 5.78 Å². The van der Waals surface area contributed by atoms with E-state index in [9.17, 15) is 9.18 Å². The molecule has 0 N–H and O–H groups in total. The van der Waals surface area contributed by atoms with E-state index in [4.69, 9.17) is 9.47 Å². The zero-order valence-corrected chi connectivity index (χ0v) is 14.8. The highest BCUT2D eigenvalue weighted by Crippen LogP contribution is 2.31. The molecular formula is C19H17FN4O3. The third kappa shape index (κ3) is 3.10. The molecule has 7 nitrogen and oxygen atoms in total. The van der Waals surface area contributed by atoms with Crippen molar-refractivity contribution in [3.8, 4) is 5.69 Å². The molecule has 2 aromatic heterocycles. The lowest BCUT2D eigenvalue weighted by Crippen LogP contribution is -2.13. The van der Waals surface area contributed by atoms with Gasteiger partial charge in [-0.2, -0.15) is 10.2 Å². The molecule has 0 saturated heterocycles. The summed E-state index contributed by atoms with van der Waals surface area (Å²) in [5, 5.41) is 8.58. The Hall–Kier alpha value is -3.42. The minimum absolute atomic E-state index is 0.225. The fourth-order valence-electron chi connectivity index (χ4n) is 2.94. The number of ketones is 1. The minimum atomic E-state index is -0.800. The van der Waals surface area contributed by atoms with Gasteiger partial charge in [-0.15, -0.1) is 0 Å². The third-order valence-corrected chi connectivity index (χ3v) is 4.22. The molecule has 1 aromatic carbocycles. The van der Waals surface area contributed by atoms with Crippen molar-refractivity contribution in [2.24, 2.45) is 0 Å². The lowest BCUT2D eigenvalue weighted by atomic mass is 10.1. The zero-order chi connectivity index (χ0) is 19.0. The van der Waals surface area contributed by atoms with Gasteiger partial charge in [0.1, 0.15) is 24.0 Å². The highest BCUT2D eigenvalue weighted by Gasteiger charge is 2.25. The number of hydrogen-bond donors (Lipinski definition) is 0. The van der Waals surface area contributed by atoms with Crippen LogP contribution in [0, 0.1) is 12.7 Å². The van der Waals surface area contributed by atoms with Crippen LogP contribution in [0.1, 0.15) is 40.5 Å². The number of rotatable bonds is 5. The number of aromatic nitrogens is 4. The summed E-state index contributed by atoms with van der Waals surface area (Å²) in [7, 11) is 0. The maximum absolute atomic E-state index is 13.8. The molecule has 3 aromatic rings. The van der Waals surface area contributed by atoms with Gasteiger partial charge in [0, 0.05) is 12.7 Å². The molecule has 0 unspecified atom stereocenters. The van der Waals surface area contributed by atoms with Gasteiger partial charge >= 0.3 is 0 Å². The van der Waals surface area contributed by atoms with Crippen molar-refractivity contribution < 1.29 is 18.7 Å². The normalized spacial score (nSPS) is 13.6. The van der Waals surface area contributed by atoms with Crippen LogP contribution in [0.2, 0.25) is 0 Å². The highest BCUT2D eigenvalue weighted by atomic mass is 19.1. The molecule has 0 saturated carbocycles. The number of hydrogen-bond acceptors (Lipinski definition) is 5. The SMILES string of the molecule is CCn1cc(C(=O)c2cc(C)nn2-c2ccc(F)cc2C2OC=CO2)cn1. The Bertz CT molecular complexity index is 1030. The van der Waals surface area contributed by atoms with Gasteiger partial charge in [0.05, 0.1) is 28.7 Å². The van der Waals surface area contributed by atoms with Crippen molar-refractivity contribution in [2.75, 3.05) is 0 Å². The topological polar surface area (TPSA) is 71.2 Å². The van der Waals surface area contributed by atoms with Gasteiger partial charge in [0.25, 0.3) is 6.29 Å². The van der Waals surface area contributed by atoms with Crippen molar-refractivity contribution in [2.45, 2.75) is 26.7 Å². The quantitative estimate of drug-likeness (QED) is 0.647. The first-order valence-electron chi connectivity index (χ1n) is 8.46. The molecule has 3 heterocycles. The average Bonchev–Trinajstić information content (AvgIpc) is 3.41. The zero-order valence-electron chi connectivity index (χ0n) is 14.8. The first kappa shape index (κ1) is 17.0. The summed E-state index contributed by atoms with van der Waals surface area (Å²) in [5.41, 5.74) is 2.40. The van der Waals surface area contributed by atoms with Crippen LogP contribution in [0.3, 0.4) is 0 Å². The molecule has 0 atom stereocenters. The predicted molar refractivity (Wildman–Crippen MR) is 93.6 cm³/mol. The first-order valence-corrected chi connectivity index (χ1v) is 8.46. The van der Waals surface area contributed by atoms with Crippen LogP contribution in [0.25, 0.3) is 5.69 Å². The van der Waals surface area contributed by atoms with Gasteiger partial charge < -0.3 is 9.47 Å². The summed E-state index contributed by atoms with van der Waals surface area (Å²) in [6, 6.07) is 5.86. The largest absolute Gasteiger partial charge is 0.455 e. The standard InChI is InChI=1S/C19H17FN4O3/c1-3-23-11-13(10-21-23)18(25)17-8-12(2)22-24(17)16-5-4-14(20)9-15(16)19-26-6-7-27-19/h4-11,19H,3H2,1-2H3. The second kappa shape index (κ2) is 6.71. The monoisotopic (exact) mass is 368 g/mol. The lowest BCUT2D eigenvalue weighted by Gasteiger charge is -2.16. The van der Waals surface area contributed by atoms with E-state index in [2.05, 4.69) is 10.2 Å². The van der Waals surface area contributed by atoms with E-state index < -0.39 is 12.1 Å². The molecule has 138 valence electrons. The molecule has 0 amide bonds. The number of ether oxygens (including phenoxy) is 2. The van der Waals surface area contributed by atoms with Crippen LogP contribution >= 0.6 is 0 Å². The first-order chi connectivity index (χ1) is 13.1. The molecule has 0 spiro atoms. The molecule has 0 aliphatic carbocycles. The summed E-state index contributed by atoms with van der Waals surface area (Å²) in [6.45, 7) is 4.39. The van der Waals surface area contributed by atoms with E-state index >= 15 is 0 Å². The number of benzene rings is 1. The third-order valence-electron chi connectivity index (χ3n) is 4.22. The van der Waals surface area contributed by atoms with Crippen LogP contribution in [-0.2, 0) is 16.0 Å². The molecule has 27 heavy (non-hydrogen) atoms. The molecule has 8 heteroatoms. The van der Waals surface area contributed by atoms with Gasteiger partial charge in [-0.05, 0) is 38.1 Å². The molecule has 1 aliphatic rings. The minimum Gasteiger partial charge on any atom is -0.455 e. The number of nitrogens with zero attached hydrogens (tertiary/aromatic N) is 4. The predicted octanol–water partition coefficient (Wildman–Crippen LogP) is 3.28. The van der Waals surface area contributed by atoms with Crippen molar-refractivity contribution in [1.29, 1.82) is 0 Å². The van der Waals surface area contributed by atoms with Crippen molar-refractivity contribution in [3.63, 3.8) is 0 Å². The summed E-state index contributed by atoms with van der Waals surface area (Å²) in [5.74, 6) is -0.661. The smallest absolute Gasteiger partial charge is 0.268 e. The van der Waals surface area contributed by atoms with E-state index in [1.807, 2.05) is 6.92 Å². The van der Waals surface area contributed by atoms with Crippen molar-refractivity contribution >= 4 is 5.78 Å². The fourth-order valence-corrected chi connectivity index (χ4v) is 2.94. The summed E-state index contributed by atoms with van der Waals surface area (Å²) < 4.78 is 27.7.